The molecule has 0 saturated carbocycles. The lowest BCUT2D eigenvalue weighted by Gasteiger charge is -2.30. The van der Waals surface area contributed by atoms with Crippen LogP contribution in [0.2, 0.25) is 0 Å². The Bertz CT molecular complexity index is 817. The van der Waals surface area contributed by atoms with Crippen LogP contribution in [0.4, 0.5) is 11.4 Å². The summed E-state index contributed by atoms with van der Waals surface area (Å²) >= 11 is 0. The zero-order valence-electron chi connectivity index (χ0n) is 11.9. The van der Waals surface area contributed by atoms with E-state index in [0.717, 1.165) is 16.9 Å². The third-order valence-corrected chi connectivity index (χ3v) is 4.09. The summed E-state index contributed by atoms with van der Waals surface area (Å²) in [6, 6.07) is 18.8. The molecule has 104 valence electrons. The van der Waals surface area contributed by atoms with Crippen molar-refractivity contribution in [2.24, 2.45) is 0 Å². The van der Waals surface area contributed by atoms with Gasteiger partial charge in [0.05, 0.1) is 17.4 Å². The minimum atomic E-state index is 0.0792. The summed E-state index contributed by atoms with van der Waals surface area (Å²) in [4.78, 5) is 0. The van der Waals surface area contributed by atoms with E-state index in [9.17, 15) is 0 Å². The Kier molecular flexibility index (Phi) is 2.54. The first kappa shape index (κ1) is 12.1. The van der Waals surface area contributed by atoms with Crippen LogP contribution in [0.15, 0.2) is 60.8 Å². The number of hydrogen-bond acceptors (Lipinski definition) is 2. The monoisotopic (exact) mass is 275 g/mol. The molecule has 3 aromatic rings. The minimum absolute atomic E-state index is 0.0792. The molecule has 0 amide bonds. The number of nitrogens with one attached hydrogen (secondary N) is 1. The van der Waals surface area contributed by atoms with Gasteiger partial charge in [-0.25, -0.2) is 0 Å². The van der Waals surface area contributed by atoms with Crippen molar-refractivity contribution in [2.75, 3.05) is 11.1 Å². The molecule has 3 heteroatoms. The first-order chi connectivity index (χ1) is 10.2. The second-order valence-electron chi connectivity index (χ2n) is 5.53. The average Bonchev–Trinajstić information content (AvgIpc) is 2.96. The summed E-state index contributed by atoms with van der Waals surface area (Å²) in [5.41, 5.74) is 12.9. The van der Waals surface area contributed by atoms with Gasteiger partial charge in [-0.3, -0.25) is 0 Å². The molecule has 4 rings (SSSR count). The van der Waals surface area contributed by atoms with Crippen molar-refractivity contribution in [3.05, 3.63) is 77.6 Å². The molecule has 1 aliphatic rings. The van der Waals surface area contributed by atoms with E-state index in [0.29, 0.717) is 0 Å². The molecule has 0 aliphatic carbocycles. The number of nitrogens with zero attached hydrogens (tertiary/aromatic N) is 1. The maximum Gasteiger partial charge on any atom is 0.0943 e. The van der Waals surface area contributed by atoms with Gasteiger partial charge in [-0.1, -0.05) is 24.3 Å². The molecule has 0 radical (unpaired) electrons. The summed E-state index contributed by atoms with van der Waals surface area (Å²) < 4.78 is 2.24. The molecule has 0 fully saturated rings. The summed E-state index contributed by atoms with van der Waals surface area (Å²) in [5.74, 6) is 0. The molecule has 0 bridgehead atoms. The maximum atomic E-state index is 6.18. The van der Waals surface area contributed by atoms with Gasteiger partial charge in [0, 0.05) is 23.1 Å². The number of hydrogen-bond donors (Lipinski definition) is 2. The Morgan fingerprint density at radius 3 is 2.76 bits per heavy atom. The fraction of sp³-hybridized carbons (Fsp3) is 0.111. The van der Waals surface area contributed by atoms with E-state index in [-0.39, 0.29) is 6.04 Å². The fourth-order valence-electron chi connectivity index (χ4n) is 3.06. The summed E-state index contributed by atoms with van der Waals surface area (Å²) in [6.45, 7) is 2.11. The average molecular weight is 275 g/mol. The predicted molar refractivity (Wildman–Crippen MR) is 86.8 cm³/mol. The van der Waals surface area contributed by atoms with Crippen LogP contribution in [-0.4, -0.2) is 4.57 Å². The van der Waals surface area contributed by atoms with Crippen molar-refractivity contribution < 1.29 is 0 Å². The van der Waals surface area contributed by atoms with E-state index < -0.39 is 0 Å². The number of benzene rings is 2. The third-order valence-electron chi connectivity index (χ3n) is 4.09. The Morgan fingerprint density at radius 2 is 1.90 bits per heavy atom. The number of aryl methyl sites for hydroxylation is 1. The molecule has 1 atom stereocenters. The van der Waals surface area contributed by atoms with Crippen LogP contribution in [0.3, 0.4) is 0 Å². The van der Waals surface area contributed by atoms with E-state index >= 15 is 0 Å². The molecule has 0 spiro atoms. The van der Waals surface area contributed by atoms with Gasteiger partial charge in [-0.15, -0.1) is 0 Å². The highest BCUT2D eigenvalue weighted by atomic mass is 15.1. The highest BCUT2D eigenvalue weighted by Crippen LogP contribution is 2.38. The van der Waals surface area contributed by atoms with Crippen molar-refractivity contribution in [2.45, 2.75) is 13.0 Å². The number of rotatable bonds is 1. The van der Waals surface area contributed by atoms with Crippen LogP contribution < -0.4 is 11.1 Å². The van der Waals surface area contributed by atoms with Gasteiger partial charge >= 0.3 is 0 Å². The number of aromatic nitrogens is 1. The van der Waals surface area contributed by atoms with Crippen LogP contribution in [0.1, 0.15) is 22.9 Å². The summed E-state index contributed by atoms with van der Waals surface area (Å²) in [7, 11) is 0. The Balaban J connectivity index is 1.92. The molecule has 1 aromatic heterocycles. The Hall–Kier alpha value is -2.68. The summed E-state index contributed by atoms with van der Waals surface area (Å²) in [5, 5.41) is 3.64. The molecular formula is C18H17N3. The van der Waals surface area contributed by atoms with Gasteiger partial charge in [0.1, 0.15) is 0 Å². The maximum absolute atomic E-state index is 6.18. The quantitative estimate of drug-likeness (QED) is 0.662. The largest absolute Gasteiger partial charge is 0.398 e. The van der Waals surface area contributed by atoms with Gasteiger partial charge in [0.2, 0.25) is 0 Å². The van der Waals surface area contributed by atoms with Crippen LogP contribution in [-0.2, 0) is 0 Å². The van der Waals surface area contributed by atoms with E-state index in [1.165, 1.54) is 16.9 Å². The number of fused-ring (bicyclic) bond motifs is 3. The topological polar surface area (TPSA) is 43.0 Å². The van der Waals surface area contributed by atoms with Crippen molar-refractivity contribution in [1.82, 2.24) is 4.57 Å². The van der Waals surface area contributed by atoms with Crippen molar-refractivity contribution >= 4 is 11.4 Å². The Labute approximate surface area is 124 Å². The van der Waals surface area contributed by atoms with Crippen molar-refractivity contribution in [3.8, 4) is 5.69 Å². The molecule has 21 heavy (non-hydrogen) atoms. The van der Waals surface area contributed by atoms with Crippen molar-refractivity contribution in [3.63, 3.8) is 0 Å². The highest BCUT2D eigenvalue weighted by molar-refractivity contribution is 5.69. The molecule has 2 heterocycles. The number of para-hydroxylation sites is 1. The fourth-order valence-corrected chi connectivity index (χ4v) is 3.06. The lowest BCUT2D eigenvalue weighted by Crippen LogP contribution is -2.22. The third kappa shape index (κ3) is 1.82. The molecular weight excluding hydrogens is 258 g/mol. The highest BCUT2D eigenvalue weighted by Gasteiger charge is 2.25. The van der Waals surface area contributed by atoms with Gasteiger partial charge in [0.25, 0.3) is 0 Å². The summed E-state index contributed by atoms with van der Waals surface area (Å²) in [6.07, 6.45) is 2.11. The lowest BCUT2D eigenvalue weighted by atomic mass is 9.98. The number of nitrogen functional groups attached to an aromatic ring is 1. The molecule has 1 unspecified atom stereocenters. The molecule has 2 aromatic carbocycles. The number of anilines is 2. The zero-order chi connectivity index (χ0) is 14.4. The van der Waals surface area contributed by atoms with Crippen LogP contribution >= 0.6 is 0 Å². The number of nitrogens with two attached hydrogens (primary N) is 1. The molecule has 3 N–H and O–H groups in total. The first-order valence-electron chi connectivity index (χ1n) is 7.13. The second-order valence-corrected chi connectivity index (χ2v) is 5.53. The van der Waals surface area contributed by atoms with E-state index in [1.807, 2.05) is 18.2 Å². The Morgan fingerprint density at radius 1 is 1.05 bits per heavy atom. The van der Waals surface area contributed by atoms with E-state index in [1.54, 1.807) is 0 Å². The first-order valence-corrected chi connectivity index (χ1v) is 7.13. The molecule has 0 saturated heterocycles. The minimum Gasteiger partial charge on any atom is -0.398 e. The smallest absolute Gasteiger partial charge is 0.0943 e. The van der Waals surface area contributed by atoms with Crippen LogP contribution in [0.5, 0.6) is 0 Å². The standard InChI is InChI=1S/C18H17N3/c1-12-8-9-16-15(11-12)20-18(17-7-4-10-21(16)17)13-5-2-3-6-14(13)19/h2-11,18,20H,19H2,1H3. The molecule has 3 nitrogen and oxygen atoms in total. The van der Waals surface area contributed by atoms with Gasteiger partial charge in [-0.05, 0) is 42.8 Å². The zero-order valence-corrected chi connectivity index (χ0v) is 11.9. The van der Waals surface area contributed by atoms with Crippen LogP contribution in [0.25, 0.3) is 5.69 Å². The predicted octanol–water partition coefficient (Wildman–Crippen LogP) is 3.88. The molecule has 1 aliphatic heterocycles. The van der Waals surface area contributed by atoms with Gasteiger partial charge < -0.3 is 15.6 Å². The van der Waals surface area contributed by atoms with E-state index in [2.05, 4.69) is 59.4 Å². The van der Waals surface area contributed by atoms with Crippen molar-refractivity contribution in [1.29, 1.82) is 0 Å². The normalized spacial score (nSPS) is 16.0. The lowest BCUT2D eigenvalue weighted by molar-refractivity contribution is 0.811. The SMILES string of the molecule is Cc1ccc2c(c1)NC(c1ccccc1N)c1cccn1-2. The van der Waals surface area contributed by atoms with Gasteiger partial charge in [0.15, 0.2) is 0 Å². The van der Waals surface area contributed by atoms with E-state index in [4.69, 9.17) is 5.73 Å². The second kappa shape index (κ2) is 4.42. The van der Waals surface area contributed by atoms with Crippen LogP contribution in [0, 0.1) is 6.92 Å². The van der Waals surface area contributed by atoms with Gasteiger partial charge in [-0.2, -0.15) is 0 Å².